The summed E-state index contributed by atoms with van der Waals surface area (Å²) in [5.74, 6) is 0. The molecule has 0 spiro atoms. The second-order valence-electron chi connectivity index (χ2n) is 4.57. The zero-order chi connectivity index (χ0) is 13.0. The van der Waals surface area contributed by atoms with Gasteiger partial charge in [0.05, 0.1) is 4.92 Å². The fraction of sp³-hybridized carbons (Fsp3) is 0.538. The Hall–Kier alpha value is -1.23. The third kappa shape index (κ3) is 3.16. The minimum absolute atomic E-state index is 0.162. The molecule has 5 heteroatoms. The predicted molar refractivity (Wildman–Crippen MR) is 76.5 cm³/mol. The predicted octanol–water partition coefficient (Wildman–Crippen LogP) is 3.32. The lowest BCUT2D eigenvalue weighted by atomic mass is 10.2. The Morgan fingerprint density at radius 2 is 2.06 bits per heavy atom. The first-order valence-electron chi connectivity index (χ1n) is 6.23. The number of non-ortho nitro benzene ring substituents is 1. The van der Waals surface area contributed by atoms with Gasteiger partial charge in [-0.3, -0.25) is 10.1 Å². The maximum Gasteiger partial charge on any atom is 0.269 e. The quantitative estimate of drug-likeness (QED) is 0.622. The number of anilines is 1. The van der Waals surface area contributed by atoms with Gasteiger partial charge >= 0.3 is 0 Å². The van der Waals surface area contributed by atoms with Crippen molar-refractivity contribution in [3.63, 3.8) is 0 Å². The summed E-state index contributed by atoms with van der Waals surface area (Å²) in [6, 6.07) is 6.91. The van der Waals surface area contributed by atoms with Crippen molar-refractivity contribution in [2.24, 2.45) is 0 Å². The number of rotatable bonds is 3. The van der Waals surface area contributed by atoms with Gasteiger partial charge in [0, 0.05) is 36.2 Å². The fourth-order valence-electron chi connectivity index (χ4n) is 2.32. The summed E-state index contributed by atoms with van der Waals surface area (Å²) < 4.78 is 0. The molecule has 0 aromatic heterocycles. The molecular weight excluding hydrogens is 248 g/mol. The Bertz CT molecular complexity index is 408. The van der Waals surface area contributed by atoms with Crippen LogP contribution < -0.4 is 4.90 Å². The highest BCUT2D eigenvalue weighted by molar-refractivity contribution is 7.99. The Morgan fingerprint density at radius 3 is 2.67 bits per heavy atom. The van der Waals surface area contributed by atoms with E-state index in [-0.39, 0.29) is 10.6 Å². The Balaban J connectivity index is 2.11. The van der Waals surface area contributed by atoms with Crippen molar-refractivity contribution in [1.29, 1.82) is 0 Å². The van der Waals surface area contributed by atoms with Crippen molar-refractivity contribution in [2.45, 2.75) is 24.5 Å². The minimum Gasteiger partial charge on any atom is -0.370 e. The van der Waals surface area contributed by atoms with Crippen molar-refractivity contribution in [1.82, 2.24) is 0 Å². The average Bonchev–Trinajstić information content (AvgIpc) is 2.64. The SMILES string of the molecule is CSC1CCCCN(c2ccc([N+](=O)[O-])cc2)C1. The summed E-state index contributed by atoms with van der Waals surface area (Å²) in [5, 5.41) is 11.3. The molecule has 1 saturated heterocycles. The maximum atomic E-state index is 10.6. The molecular formula is C13H18N2O2S. The number of benzene rings is 1. The summed E-state index contributed by atoms with van der Waals surface area (Å²) in [5.41, 5.74) is 1.26. The van der Waals surface area contributed by atoms with Crippen LogP contribution in [0.5, 0.6) is 0 Å². The molecule has 0 saturated carbocycles. The summed E-state index contributed by atoms with van der Waals surface area (Å²) in [7, 11) is 0. The van der Waals surface area contributed by atoms with E-state index in [1.54, 1.807) is 12.1 Å². The lowest BCUT2D eigenvalue weighted by Gasteiger charge is -2.25. The maximum absolute atomic E-state index is 10.6. The van der Waals surface area contributed by atoms with Crippen LogP contribution in [0.1, 0.15) is 19.3 Å². The van der Waals surface area contributed by atoms with E-state index in [2.05, 4.69) is 11.2 Å². The van der Waals surface area contributed by atoms with Gasteiger partial charge < -0.3 is 4.90 Å². The third-order valence-corrected chi connectivity index (χ3v) is 4.44. The number of nitro groups is 1. The molecule has 1 aliphatic heterocycles. The highest BCUT2D eigenvalue weighted by Gasteiger charge is 2.18. The molecule has 0 bridgehead atoms. The van der Waals surface area contributed by atoms with E-state index >= 15 is 0 Å². The summed E-state index contributed by atoms with van der Waals surface area (Å²) in [6.07, 6.45) is 5.90. The first-order valence-corrected chi connectivity index (χ1v) is 7.51. The molecule has 98 valence electrons. The first-order chi connectivity index (χ1) is 8.70. The Kier molecular flexibility index (Phi) is 4.47. The van der Waals surface area contributed by atoms with Gasteiger partial charge in [-0.1, -0.05) is 6.42 Å². The van der Waals surface area contributed by atoms with Crippen LogP contribution in [0.2, 0.25) is 0 Å². The van der Waals surface area contributed by atoms with Crippen LogP contribution in [0.3, 0.4) is 0 Å². The van der Waals surface area contributed by atoms with Crippen LogP contribution in [0.4, 0.5) is 11.4 Å². The fourth-order valence-corrected chi connectivity index (χ4v) is 3.05. The van der Waals surface area contributed by atoms with E-state index in [0.29, 0.717) is 5.25 Å². The molecule has 1 fully saturated rings. The number of nitrogens with zero attached hydrogens (tertiary/aromatic N) is 2. The van der Waals surface area contributed by atoms with Gasteiger partial charge in [-0.25, -0.2) is 0 Å². The van der Waals surface area contributed by atoms with Crippen LogP contribution in [-0.2, 0) is 0 Å². The van der Waals surface area contributed by atoms with Crippen molar-refractivity contribution < 1.29 is 4.92 Å². The lowest BCUT2D eigenvalue weighted by molar-refractivity contribution is -0.384. The Morgan fingerprint density at radius 1 is 1.33 bits per heavy atom. The Labute approximate surface area is 112 Å². The molecule has 4 nitrogen and oxygen atoms in total. The molecule has 2 rings (SSSR count). The van der Waals surface area contributed by atoms with Gasteiger partial charge in [0.2, 0.25) is 0 Å². The summed E-state index contributed by atoms with van der Waals surface area (Å²) in [6.45, 7) is 2.09. The molecule has 1 aliphatic rings. The molecule has 0 aliphatic carbocycles. The number of hydrogen-bond donors (Lipinski definition) is 0. The van der Waals surface area contributed by atoms with Gasteiger partial charge in [0.25, 0.3) is 5.69 Å². The van der Waals surface area contributed by atoms with E-state index < -0.39 is 0 Å². The molecule has 0 radical (unpaired) electrons. The molecule has 1 heterocycles. The number of nitro benzene ring substituents is 1. The van der Waals surface area contributed by atoms with Crippen LogP contribution >= 0.6 is 11.8 Å². The van der Waals surface area contributed by atoms with E-state index in [0.717, 1.165) is 18.8 Å². The average molecular weight is 266 g/mol. The molecule has 0 amide bonds. The van der Waals surface area contributed by atoms with Crippen LogP contribution in [0.25, 0.3) is 0 Å². The molecule has 1 atom stereocenters. The smallest absolute Gasteiger partial charge is 0.269 e. The van der Waals surface area contributed by atoms with Gasteiger partial charge in [0.1, 0.15) is 0 Å². The summed E-state index contributed by atoms with van der Waals surface area (Å²) in [4.78, 5) is 12.6. The van der Waals surface area contributed by atoms with E-state index in [9.17, 15) is 10.1 Å². The van der Waals surface area contributed by atoms with Crippen molar-refractivity contribution in [2.75, 3.05) is 24.2 Å². The van der Waals surface area contributed by atoms with Crippen LogP contribution in [-0.4, -0.2) is 29.5 Å². The zero-order valence-corrected chi connectivity index (χ0v) is 11.4. The van der Waals surface area contributed by atoms with Crippen molar-refractivity contribution in [3.05, 3.63) is 34.4 Å². The monoisotopic (exact) mass is 266 g/mol. The van der Waals surface area contributed by atoms with Gasteiger partial charge in [-0.2, -0.15) is 11.8 Å². The van der Waals surface area contributed by atoms with Crippen LogP contribution in [0.15, 0.2) is 24.3 Å². The molecule has 0 N–H and O–H groups in total. The molecule has 1 unspecified atom stereocenters. The molecule has 18 heavy (non-hydrogen) atoms. The van der Waals surface area contributed by atoms with Crippen molar-refractivity contribution >= 4 is 23.1 Å². The zero-order valence-electron chi connectivity index (χ0n) is 10.5. The summed E-state index contributed by atoms with van der Waals surface area (Å²) >= 11 is 1.92. The number of hydrogen-bond acceptors (Lipinski definition) is 4. The molecule has 1 aromatic rings. The van der Waals surface area contributed by atoms with Crippen LogP contribution in [0, 0.1) is 10.1 Å². The molecule has 1 aromatic carbocycles. The van der Waals surface area contributed by atoms with Gasteiger partial charge in [0.15, 0.2) is 0 Å². The second-order valence-corrected chi connectivity index (χ2v) is 5.71. The topological polar surface area (TPSA) is 46.4 Å². The second kappa shape index (κ2) is 6.09. The lowest BCUT2D eigenvalue weighted by Crippen LogP contribution is -2.29. The third-order valence-electron chi connectivity index (χ3n) is 3.39. The highest BCUT2D eigenvalue weighted by Crippen LogP contribution is 2.26. The largest absolute Gasteiger partial charge is 0.370 e. The first kappa shape index (κ1) is 13.2. The normalized spacial score (nSPS) is 20.5. The number of thioether (sulfide) groups is 1. The van der Waals surface area contributed by atoms with Gasteiger partial charge in [-0.15, -0.1) is 0 Å². The standard InChI is InChI=1S/C13H18N2O2S/c1-18-13-4-2-3-9-14(10-13)11-5-7-12(8-6-11)15(16)17/h5-8,13H,2-4,9-10H2,1H3. The minimum atomic E-state index is -0.350. The van der Waals surface area contributed by atoms with E-state index in [4.69, 9.17) is 0 Å². The van der Waals surface area contributed by atoms with E-state index in [1.165, 1.54) is 19.3 Å². The van der Waals surface area contributed by atoms with E-state index in [1.807, 2.05) is 23.9 Å². The highest BCUT2D eigenvalue weighted by atomic mass is 32.2. The van der Waals surface area contributed by atoms with Crippen molar-refractivity contribution in [3.8, 4) is 0 Å². The van der Waals surface area contributed by atoms with Gasteiger partial charge in [-0.05, 0) is 31.2 Å².